The van der Waals surface area contributed by atoms with Crippen LogP contribution in [0.25, 0.3) is 0 Å². The summed E-state index contributed by atoms with van der Waals surface area (Å²) in [5.41, 5.74) is 0.520. The molecule has 0 radical (unpaired) electrons. The highest BCUT2D eigenvalue weighted by atomic mass is 16.3. The highest BCUT2D eigenvalue weighted by Gasteiger charge is 2.31. The van der Waals surface area contributed by atoms with Gasteiger partial charge in [-0.2, -0.15) is 0 Å². The molecule has 1 saturated carbocycles. The molecular formula is C18H37NO. The van der Waals surface area contributed by atoms with Crippen molar-refractivity contribution in [3.8, 4) is 0 Å². The van der Waals surface area contributed by atoms with E-state index in [2.05, 4.69) is 33.0 Å². The first-order valence-electron chi connectivity index (χ1n) is 8.87. The van der Waals surface area contributed by atoms with Crippen LogP contribution in [0, 0.1) is 17.3 Å². The standard InChI is InChI=1S/C18H37NO/c1-5-7-15(12-13-20)14-19-17-10-8-16(9-11-17)18(3,4)6-2/h15-17,19-20H,5-14H2,1-4H3. The maximum absolute atomic E-state index is 9.12. The Hall–Kier alpha value is -0.0800. The quantitative estimate of drug-likeness (QED) is 0.658. The van der Waals surface area contributed by atoms with Gasteiger partial charge in [0.05, 0.1) is 0 Å². The van der Waals surface area contributed by atoms with Crippen molar-refractivity contribution in [1.29, 1.82) is 0 Å². The Balaban J connectivity index is 2.28. The monoisotopic (exact) mass is 283 g/mol. The van der Waals surface area contributed by atoms with E-state index in [0.29, 0.717) is 17.9 Å². The molecule has 0 aromatic heterocycles. The number of hydrogen-bond donors (Lipinski definition) is 2. The predicted octanol–water partition coefficient (Wildman–Crippen LogP) is 4.37. The Labute approximate surface area is 126 Å². The third-order valence-electron chi connectivity index (χ3n) is 5.67. The van der Waals surface area contributed by atoms with Crippen LogP contribution in [-0.4, -0.2) is 24.3 Å². The maximum atomic E-state index is 9.12. The van der Waals surface area contributed by atoms with E-state index in [9.17, 15) is 0 Å². The van der Waals surface area contributed by atoms with Gasteiger partial charge in [-0.25, -0.2) is 0 Å². The first kappa shape index (κ1) is 18.0. The van der Waals surface area contributed by atoms with Crippen molar-refractivity contribution in [3.05, 3.63) is 0 Å². The molecule has 0 aromatic rings. The summed E-state index contributed by atoms with van der Waals surface area (Å²) in [6.45, 7) is 10.9. The van der Waals surface area contributed by atoms with Crippen molar-refractivity contribution in [2.45, 2.75) is 85.1 Å². The van der Waals surface area contributed by atoms with Gasteiger partial charge in [-0.1, -0.05) is 40.5 Å². The molecule has 1 aliphatic carbocycles. The summed E-state index contributed by atoms with van der Waals surface area (Å²) in [4.78, 5) is 0. The lowest BCUT2D eigenvalue weighted by Gasteiger charge is -2.39. The van der Waals surface area contributed by atoms with Crippen LogP contribution in [0.15, 0.2) is 0 Å². The van der Waals surface area contributed by atoms with Crippen molar-refractivity contribution >= 4 is 0 Å². The minimum Gasteiger partial charge on any atom is -0.396 e. The van der Waals surface area contributed by atoms with Gasteiger partial charge in [0.2, 0.25) is 0 Å². The number of aliphatic hydroxyl groups is 1. The summed E-state index contributed by atoms with van der Waals surface area (Å²) >= 11 is 0. The van der Waals surface area contributed by atoms with Crippen LogP contribution in [0.4, 0.5) is 0 Å². The normalized spacial score (nSPS) is 25.6. The van der Waals surface area contributed by atoms with Gasteiger partial charge < -0.3 is 10.4 Å². The highest BCUT2D eigenvalue weighted by molar-refractivity contribution is 4.85. The topological polar surface area (TPSA) is 32.3 Å². The minimum absolute atomic E-state index is 0.337. The lowest BCUT2D eigenvalue weighted by Crippen LogP contribution is -2.39. The second-order valence-electron chi connectivity index (χ2n) is 7.47. The Kier molecular flexibility index (Phi) is 8.13. The Morgan fingerprint density at radius 3 is 2.25 bits per heavy atom. The Morgan fingerprint density at radius 1 is 1.10 bits per heavy atom. The molecule has 0 aliphatic heterocycles. The molecule has 1 atom stereocenters. The van der Waals surface area contributed by atoms with Crippen LogP contribution in [0.3, 0.4) is 0 Å². The zero-order chi connectivity index (χ0) is 15.0. The molecular weight excluding hydrogens is 246 g/mol. The minimum atomic E-state index is 0.337. The molecule has 1 rings (SSSR count). The lowest BCUT2D eigenvalue weighted by atomic mass is 9.69. The van der Waals surface area contributed by atoms with Crippen molar-refractivity contribution in [3.63, 3.8) is 0 Å². The molecule has 0 spiro atoms. The van der Waals surface area contributed by atoms with E-state index in [-0.39, 0.29) is 0 Å². The predicted molar refractivity (Wildman–Crippen MR) is 87.9 cm³/mol. The van der Waals surface area contributed by atoms with Gasteiger partial charge in [-0.3, -0.25) is 0 Å². The average molecular weight is 284 g/mol. The van der Waals surface area contributed by atoms with Crippen LogP contribution in [0.1, 0.15) is 79.1 Å². The second-order valence-corrected chi connectivity index (χ2v) is 7.47. The van der Waals surface area contributed by atoms with Crippen molar-refractivity contribution in [2.24, 2.45) is 17.3 Å². The molecule has 0 saturated heterocycles. The number of rotatable bonds is 9. The van der Waals surface area contributed by atoms with Gasteiger partial charge in [0.15, 0.2) is 0 Å². The van der Waals surface area contributed by atoms with Gasteiger partial charge >= 0.3 is 0 Å². The van der Waals surface area contributed by atoms with E-state index >= 15 is 0 Å². The Morgan fingerprint density at radius 2 is 1.75 bits per heavy atom. The van der Waals surface area contributed by atoms with Crippen LogP contribution in [0.5, 0.6) is 0 Å². The van der Waals surface area contributed by atoms with Gasteiger partial charge in [0.25, 0.3) is 0 Å². The van der Waals surface area contributed by atoms with Crippen LogP contribution in [-0.2, 0) is 0 Å². The van der Waals surface area contributed by atoms with Gasteiger partial charge in [0.1, 0.15) is 0 Å². The molecule has 0 amide bonds. The van der Waals surface area contributed by atoms with Crippen molar-refractivity contribution in [2.75, 3.05) is 13.2 Å². The molecule has 2 nitrogen and oxygen atoms in total. The molecule has 1 aliphatic rings. The summed E-state index contributed by atoms with van der Waals surface area (Å²) in [5.74, 6) is 1.57. The third-order valence-corrected chi connectivity index (χ3v) is 5.67. The molecule has 2 heteroatoms. The zero-order valence-corrected chi connectivity index (χ0v) is 14.3. The maximum Gasteiger partial charge on any atom is 0.0434 e. The van der Waals surface area contributed by atoms with E-state index in [1.165, 1.54) is 44.9 Å². The fourth-order valence-corrected chi connectivity index (χ4v) is 3.64. The first-order valence-corrected chi connectivity index (χ1v) is 8.87. The summed E-state index contributed by atoms with van der Waals surface area (Å²) in [6, 6.07) is 0.719. The average Bonchev–Trinajstić information content (AvgIpc) is 2.46. The van der Waals surface area contributed by atoms with Crippen LogP contribution in [0.2, 0.25) is 0 Å². The molecule has 0 heterocycles. The van der Waals surface area contributed by atoms with E-state index in [1.54, 1.807) is 0 Å². The van der Waals surface area contributed by atoms with Gasteiger partial charge in [0, 0.05) is 12.6 Å². The van der Waals surface area contributed by atoms with Gasteiger partial charge in [-0.05, 0) is 62.3 Å². The molecule has 0 aromatic carbocycles. The molecule has 1 unspecified atom stereocenters. The van der Waals surface area contributed by atoms with Gasteiger partial charge in [-0.15, -0.1) is 0 Å². The highest BCUT2D eigenvalue weighted by Crippen LogP contribution is 2.40. The number of hydrogen-bond acceptors (Lipinski definition) is 2. The SMILES string of the molecule is CCCC(CCO)CNC1CCC(C(C)(C)CC)CC1. The van der Waals surface area contributed by atoms with E-state index < -0.39 is 0 Å². The molecule has 2 N–H and O–H groups in total. The first-order chi connectivity index (χ1) is 9.53. The molecule has 20 heavy (non-hydrogen) atoms. The van der Waals surface area contributed by atoms with Crippen molar-refractivity contribution in [1.82, 2.24) is 5.32 Å². The zero-order valence-electron chi connectivity index (χ0n) is 14.3. The van der Waals surface area contributed by atoms with E-state index in [4.69, 9.17) is 5.11 Å². The molecule has 1 fully saturated rings. The molecule has 0 bridgehead atoms. The molecule has 120 valence electrons. The van der Waals surface area contributed by atoms with E-state index in [1.807, 2.05) is 0 Å². The fourth-order valence-electron chi connectivity index (χ4n) is 3.64. The summed E-state index contributed by atoms with van der Waals surface area (Å²) < 4.78 is 0. The van der Waals surface area contributed by atoms with Crippen LogP contribution >= 0.6 is 0 Å². The summed E-state index contributed by atoms with van der Waals surface area (Å²) in [7, 11) is 0. The largest absolute Gasteiger partial charge is 0.396 e. The number of nitrogens with one attached hydrogen (secondary N) is 1. The van der Waals surface area contributed by atoms with Crippen molar-refractivity contribution < 1.29 is 5.11 Å². The fraction of sp³-hybridized carbons (Fsp3) is 1.00. The number of aliphatic hydroxyl groups excluding tert-OH is 1. The van der Waals surface area contributed by atoms with E-state index in [0.717, 1.165) is 24.9 Å². The smallest absolute Gasteiger partial charge is 0.0434 e. The van der Waals surface area contributed by atoms with Crippen LogP contribution < -0.4 is 5.32 Å². The summed E-state index contributed by atoms with van der Waals surface area (Å²) in [6.07, 6.45) is 10.2. The Bertz CT molecular complexity index is 238. The third kappa shape index (κ3) is 5.73. The lowest BCUT2D eigenvalue weighted by molar-refractivity contribution is 0.134. The summed E-state index contributed by atoms with van der Waals surface area (Å²) in [5, 5.41) is 12.9. The second kappa shape index (κ2) is 9.04.